The van der Waals surface area contributed by atoms with Crippen molar-refractivity contribution >= 4 is 22.2 Å². The van der Waals surface area contributed by atoms with Crippen molar-refractivity contribution in [3.8, 4) is 0 Å². The van der Waals surface area contributed by atoms with Gasteiger partial charge in [0.1, 0.15) is 6.10 Å². The van der Waals surface area contributed by atoms with Gasteiger partial charge in [0.25, 0.3) is 5.56 Å². The normalized spacial score (nSPS) is 12.7. The molecule has 3 heterocycles. The first-order valence-electron chi connectivity index (χ1n) is 6.15. The number of ether oxygens (including phenoxy) is 1. The van der Waals surface area contributed by atoms with E-state index in [1.807, 2.05) is 17.5 Å². The minimum absolute atomic E-state index is 0.0731. The van der Waals surface area contributed by atoms with Gasteiger partial charge in [-0.3, -0.25) is 14.3 Å². The standard InChI is InChI=1S/C14H13N3O2S/c1-19-12(13-3-2-6-20-13)8-17-9-16-11-7-15-5-4-10(11)14(17)18/h2-7,9,12H,8H2,1H3. The minimum Gasteiger partial charge on any atom is -0.374 e. The molecule has 0 N–H and O–H groups in total. The van der Waals surface area contributed by atoms with Gasteiger partial charge in [0.05, 0.1) is 30.0 Å². The zero-order valence-electron chi connectivity index (χ0n) is 10.9. The van der Waals surface area contributed by atoms with Crippen LogP contribution in [0.15, 0.2) is 47.1 Å². The van der Waals surface area contributed by atoms with Crippen LogP contribution in [0.3, 0.4) is 0 Å². The number of hydrogen-bond donors (Lipinski definition) is 0. The summed E-state index contributed by atoms with van der Waals surface area (Å²) >= 11 is 1.61. The summed E-state index contributed by atoms with van der Waals surface area (Å²) in [5.74, 6) is 0. The van der Waals surface area contributed by atoms with Crippen molar-refractivity contribution in [3.05, 3.63) is 57.5 Å². The third-order valence-corrected chi connectivity index (χ3v) is 4.10. The first-order chi connectivity index (χ1) is 9.79. The number of pyridine rings is 1. The molecule has 0 aromatic carbocycles. The van der Waals surface area contributed by atoms with Crippen molar-refractivity contribution < 1.29 is 4.74 Å². The van der Waals surface area contributed by atoms with Gasteiger partial charge < -0.3 is 4.74 Å². The van der Waals surface area contributed by atoms with E-state index in [2.05, 4.69) is 9.97 Å². The van der Waals surface area contributed by atoms with Crippen LogP contribution in [0.4, 0.5) is 0 Å². The zero-order valence-corrected chi connectivity index (χ0v) is 11.7. The molecule has 5 nitrogen and oxygen atoms in total. The van der Waals surface area contributed by atoms with Gasteiger partial charge in [-0.15, -0.1) is 11.3 Å². The Morgan fingerprint density at radius 1 is 1.45 bits per heavy atom. The smallest absolute Gasteiger partial charge is 0.261 e. The molecule has 3 aromatic heterocycles. The summed E-state index contributed by atoms with van der Waals surface area (Å²) < 4.78 is 7.06. The molecule has 0 amide bonds. The fourth-order valence-electron chi connectivity index (χ4n) is 2.07. The topological polar surface area (TPSA) is 57.0 Å². The molecule has 0 spiro atoms. The fraction of sp³-hybridized carbons (Fsp3) is 0.214. The van der Waals surface area contributed by atoms with Crippen LogP contribution < -0.4 is 5.56 Å². The summed E-state index contributed by atoms with van der Waals surface area (Å²) in [4.78, 5) is 21.7. The lowest BCUT2D eigenvalue weighted by Gasteiger charge is -2.15. The summed E-state index contributed by atoms with van der Waals surface area (Å²) in [5, 5.41) is 2.57. The summed E-state index contributed by atoms with van der Waals surface area (Å²) in [6.07, 6.45) is 4.59. The highest BCUT2D eigenvalue weighted by Gasteiger charge is 2.14. The first-order valence-corrected chi connectivity index (χ1v) is 7.03. The summed E-state index contributed by atoms with van der Waals surface area (Å²) in [5.41, 5.74) is 0.537. The number of thiophene rings is 1. The molecule has 1 unspecified atom stereocenters. The van der Waals surface area contributed by atoms with Crippen molar-refractivity contribution in [1.82, 2.24) is 14.5 Å². The molecule has 0 aliphatic rings. The molecule has 3 aromatic rings. The molecule has 0 saturated carbocycles. The Morgan fingerprint density at radius 2 is 2.35 bits per heavy atom. The average Bonchev–Trinajstić information content (AvgIpc) is 3.01. The Bertz CT molecular complexity index is 767. The molecule has 0 bridgehead atoms. The fourth-order valence-corrected chi connectivity index (χ4v) is 2.87. The van der Waals surface area contributed by atoms with Crippen LogP contribution in [-0.4, -0.2) is 21.6 Å². The van der Waals surface area contributed by atoms with Gasteiger partial charge in [-0.05, 0) is 17.5 Å². The van der Waals surface area contributed by atoms with Crippen LogP contribution >= 0.6 is 11.3 Å². The molecule has 6 heteroatoms. The van der Waals surface area contributed by atoms with E-state index in [-0.39, 0.29) is 11.7 Å². The molecule has 3 rings (SSSR count). The lowest BCUT2D eigenvalue weighted by atomic mass is 10.2. The predicted octanol–water partition coefficient (Wildman–Crippen LogP) is 2.24. The number of aromatic nitrogens is 3. The Morgan fingerprint density at radius 3 is 3.10 bits per heavy atom. The quantitative estimate of drug-likeness (QED) is 0.738. The van der Waals surface area contributed by atoms with Gasteiger partial charge in [-0.1, -0.05) is 6.07 Å². The van der Waals surface area contributed by atoms with Gasteiger partial charge in [0, 0.05) is 18.2 Å². The number of fused-ring (bicyclic) bond motifs is 1. The highest BCUT2D eigenvalue weighted by atomic mass is 32.1. The van der Waals surface area contributed by atoms with E-state index in [9.17, 15) is 4.79 Å². The lowest BCUT2D eigenvalue weighted by Crippen LogP contribution is -2.24. The first kappa shape index (κ1) is 13.0. The minimum atomic E-state index is -0.145. The van der Waals surface area contributed by atoms with E-state index >= 15 is 0 Å². The lowest BCUT2D eigenvalue weighted by molar-refractivity contribution is 0.0897. The summed E-state index contributed by atoms with van der Waals surface area (Å²) in [6, 6.07) is 5.66. The van der Waals surface area contributed by atoms with Crippen LogP contribution in [0, 0.1) is 0 Å². The van der Waals surface area contributed by atoms with Crippen molar-refractivity contribution in [3.63, 3.8) is 0 Å². The van der Waals surface area contributed by atoms with E-state index in [0.29, 0.717) is 17.4 Å². The third kappa shape index (κ3) is 2.35. The number of methoxy groups -OCH3 is 1. The van der Waals surface area contributed by atoms with Gasteiger partial charge in [-0.25, -0.2) is 4.98 Å². The Balaban J connectivity index is 1.98. The van der Waals surface area contributed by atoms with E-state index in [4.69, 9.17) is 4.74 Å². The number of rotatable bonds is 4. The molecule has 0 aliphatic carbocycles. The van der Waals surface area contributed by atoms with Crippen LogP contribution in [0.1, 0.15) is 11.0 Å². The monoisotopic (exact) mass is 287 g/mol. The molecular weight excluding hydrogens is 274 g/mol. The Hall–Kier alpha value is -2.05. The molecule has 0 aliphatic heterocycles. The number of nitrogens with zero attached hydrogens (tertiary/aromatic N) is 3. The molecule has 0 fully saturated rings. The third-order valence-electron chi connectivity index (χ3n) is 3.14. The molecule has 0 saturated heterocycles. The molecule has 0 radical (unpaired) electrons. The maximum atomic E-state index is 12.4. The van der Waals surface area contributed by atoms with Gasteiger partial charge in [0.2, 0.25) is 0 Å². The van der Waals surface area contributed by atoms with E-state index < -0.39 is 0 Å². The Labute approximate surface area is 119 Å². The highest BCUT2D eigenvalue weighted by molar-refractivity contribution is 7.10. The Kier molecular flexibility index (Phi) is 3.58. The van der Waals surface area contributed by atoms with E-state index in [1.54, 1.807) is 47.8 Å². The predicted molar refractivity (Wildman–Crippen MR) is 77.9 cm³/mol. The van der Waals surface area contributed by atoms with Crippen LogP contribution in [0.2, 0.25) is 0 Å². The van der Waals surface area contributed by atoms with Crippen LogP contribution in [-0.2, 0) is 11.3 Å². The van der Waals surface area contributed by atoms with Crippen molar-refractivity contribution in [1.29, 1.82) is 0 Å². The second-order valence-electron chi connectivity index (χ2n) is 4.33. The van der Waals surface area contributed by atoms with Gasteiger partial charge in [-0.2, -0.15) is 0 Å². The van der Waals surface area contributed by atoms with Crippen molar-refractivity contribution in [2.75, 3.05) is 7.11 Å². The second-order valence-corrected chi connectivity index (χ2v) is 5.31. The van der Waals surface area contributed by atoms with Crippen molar-refractivity contribution in [2.45, 2.75) is 12.6 Å². The molecular formula is C14H13N3O2S. The second kappa shape index (κ2) is 5.52. The molecule has 102 valence electrons. The largest absolute Gasteiger partial charge is 0.374 e. The maximum absolute atomic E-state index is 12.4. The number of hydrogen-bond acceptors (Lipinski definition) is 5. The van der Waals surface area contributed by atoms with E-state index in [1.165, 1.54) is 0 Å². The summed E-state index contributed by atoms with van der Waals surface area (Å²) in [7, 11) is 1.65. The maximum Gasteiger partial charge on any atom is 0.261 e. The van der Waals surface area contributed by atoms with E-state index in [0.717, 1.165) is 4.88 Å². The summed E-state index contributed by atoms with van der Waals surface area (Å²) in [6.45, 7) is 0.446. The van der Waals surface area contributed by atoms with Gasteiger partial charge in [0.15, 0.2) is 0 Å². The van der Waals surface area contributed by atoms with Gasteiger partial charge >= 0.3 is 0 Å². The highest BCUT2D eigenvalue weighted by Crippen LogP contribution is 2.23. The zero-order chi connectivity index (χ0) is 13.9. The molecule has 20 heavy (non-hydrogen) atoms. The average molecular weight is 287 g/mol. The molecule has 1 atom stereocenters. The van der Waals surface area contributed by atoms with Crippen LogP contribution in [0.25, 0.3) is 10.9 Å². The van der Waals surface area contributed by atoms with Crippen LogP contribution in [0.5, 0.6) is 0 Å². The van der Waals surface area contributed by atoms with Crippen molar-refractivity contribution in [2.24, 2.45) is 0 Å². The SMILES string of the molecule is COC(Cn1cnc2cnccc2c1=O)c1cccs1.